The summed E-state index contributed by atoms with van der Waals surface area (Å²) in [5, 5.41) is 19.7. The van der Waals surface area contributed by atoms with Gasteiger partial charge in [0.05, 0.1) is 19.3 Å². The van der Waals surface area contributed by atoms with E-state index in [4.69, 9.17) is 14.6 Å². The number of aliphatic hydroxyl groups is 1. The number of aromatic nitrogens is 3. The predicted octanol–water partition coefficient (Wildman–Crippen LogP) is 0.719. The first-order valence-electron chi connectivity index (χ1n) is 9.03. The molecule has 0 saturated carbocycles. The molecule has 1 unspecified atom stereocenters. The lowest BCUT2D eigenvalue weighted by molar-refractivity contribution is 0.0292. The van der Waals surface area contributed by atoms with Gasteiger partial charge in [0.1, 0.15) is 12.4 Å². The highest BCUT2D eigenvalue weighted by atomic mass is 16.5. The molecular formula is C18H27N5O3. The lowest BCUT2D eigenvalue weighted by Gasteiger charge is -2.23. The Labute approximate surface area is 153 Å². The fraction of sp³-hybridized carbons (Fsp3) is 0.556. The first-order chi connectivity index (χ1) is 12.7. The second-order valence-corrected chi connectivity index (χ2v) is 6.31. The summed E-state index contributed by atoms with van der Waals surface area (Å²) < 4.78 is 13.2. The molecule has 0 bridgehead atoms. The highest BCUT2D eigenvalue weighted by Gasteiger charge is 2.14. The molecule has 3 rings (SSSR count). The SMILES string of the molecule is Cn1nc(CO)nc1NCCCOc1cccc(CC2CNCCO2)c1. The fourth-order valence-corrected chi connectivity index (χ4v) is 2.90. The van der Waals surface area contributed by atoms with E-state index in [1.807, 2.05) is 12.1 Å². The van der Waals surface area contributed by atoms with Crippen molar-refractivity contribution in [3.8, 4) is 5.75 Å². The van der Waals surface area contributed by atoms with Crippen LogP contribution in [0.3, 0.4) is 0 Å². The number of morpholine rings is 1. The molecule has 2 heterocycles. The molecule has 1 aliphatic rings. The molecular weight excluding hydrogens is 334 g/mol. The zero-order valence-corrected chi connectivity index (χ0v) is 15.1. The Morgan fingerprint density at radius 3 is 3.15 bits per heavy atom. The van der Waals surface area contributed by atoms with E-state index in [1.54, 1.807) is 11.7 Å². The number of aliphatic hydroxyl groups excluding tert-OH is 1. The van der Waals surface area contributed by atoms with Gasteiger partial charge in [-0.15, -0.1) is 0 Å². The minimum Gasteiger partial charge on any atom is -0.494 e. The summed E-state index contributed by atoms with van der Waals surface area (Å²) in [7, 11) is 1.79. The van der Waals surface area contributed by atoms with Crippen LogP contribution in [0.5, 0.6) is 5.75 Å². The molecule has 8 heteroatoms. The van der Waals surface area contributed by atoms with Crippen LogP contribution < -0.4 is 15.4 Å². The topological polar surface area (TPSA) is 93.5 Å². The number of hydrogen-bond donors (Lipinski definition) is 3. The maximum absolute atomic E-state index is 9.04. The zero-order chi connectivity index (χ0) is 18.2. The van der Waals surface area contributed by atoms with Gasteiger partial charge in [-0.1, -0.05) is 12.1 Å². The maximum atomic E-state index is 9.04. The molecule has 1 fully saturated rings. The molecule has 1 atom stereocenters. The first kappa shape index (κ1) is 18.6. The largest absolute Gasteiger partial charge is 0.494 e. The Morgan fingerprint density at radius 1 is 1.46 bits per heavy atom. The predicted molar refractivity (Wildman–Crippen MR) is 98.3 cm³/mol. The van der Waals surface area contributed by atoms with Crippen LogP contribution in [0.15, 0.2) is 24.3 Å². The van der Waals surface area contributed by atoms with Gasteiger partial charge in [-0.2, -0.15) is 10.1 Å². The first-order valence-corrected chi connectivity index (χ1v) is 9.03. The van der Waals surface area contributed by atoms with Crippen molar-refractivity contribution in [1.29, 1.82) is 0 Å². The van der Waals surface area contributed by atoms with Crippen molar-refractivity contribution in [3.05, 3.63) is 35.7 Å². The summed E-state index contributed by atoms with van der Waals surface area (Å²) in [4.78, 5) is 4.18. The van der Waals surface area contributed by atoms with Gasteiger partial charge in [0.15, 0.2) is 5.82 Å². The van der Waals surface area contributed by atoms with Gasteiger partial charge in [0, 0.05) is 33.1 Å². The quantitative estimate of drug-likeness (QED) is 0.567. The van der Waals surface area contributed by atoms with Crippen molar-refractivity contribution in [2.24, 2.45) is 7.05 Å². The molecule has 0 radical (unpaired) electrons. The molecule has 1 aliphatic heterocycles. The van der Waals surface area contributed by atoms with E-state index in [9.17, 15) is 0 Å². The molecule has 0 amide bonds. The second-order valence-electron chi connectivity index (χ2n) is 6.31. The van der Waals surface area contributed by atoms with E-state index < -0.39 is 0 Å². The van der Waals surface area contributed by atoms with Crippen molar-refractivity contribution in [2.75, 3.05) is 38.2 Å². The van der Waals surface area contributed by atoms with Gasteiger partial charge in [0.2, 0.25) is 5.95 Å². The number of anilines is 1. The highest BCUT2D eigenvalue weighted by Crippen LogP contribution is 2.16. The second kappa shape index (κ2) is 9.51. The van der Waals surface area contributed by atoms with Crippen molar-refractivity contribution in [3.63, 3.8) is 0 Å². The van der Waals surface area contributed by atoms with Crippen LogP contribution in [0.1, 0.15) is 17.8 Å². The third-order valence-corrected chi connectivity index (χ3v) is 4.19. The van der Waals surface area contributed by atoms with Crippen molar-refractivity contribution >= 4 is 5.95 Å². The van der Waals surface area contributed by atoms with Crippen LogP contribution in [0, 0.1) is 0 Å². The maximum Gasteiger partial charge on any atom is 0.221 e. The lowest BCUT2D eigenvalue weighted by Crippen LogP contribution is -2.39. The average molecular weight is 361 g/mol. The van der Waals surface area contributed by atoms with E-state index in [0.29, 0.717) is 18.4 Å². The molecule has 1 aromatic carbocycles. The summed E-state index contributed by atoms with van der Waals surface area (Å²) >= 11 is 0. The number of rotatable bonds is 9. The van der Waals surface area contributed by atoms with Gasteiger partial charge in [-0.3, -0.25) is 0 Å². The van der Waals surface area contributed by atoms with Gasteiger partial charge >= 0.3 is 0 Å². The van der Waals surface area contributed by atoms with Crippen molar-refractivity contribution in [1.82, 2.24) is 20.1 Å². The molecule has 1 aromatic heterocycles. The minimum atomic E-state index is -0.156. The lowest BCUT2D eigenvalue weighted by atomic mass is 10.1. The molecule has 0 spiro atoms. The van der Waals surface area contributed by atoms with Crippen LogP contribution in [0.4, 0.5) is 5.95 Å². The molecule has 142 valence electrons. The normalized spacial score (nSPS) is 17.2. The van der Waals surface area contributed by atoms with Gasteiger partial charge in [-0.25, -0.2) is 4.68 Å². The summed E-state index contributed by atoms with van der Waals surface area (Å²) in [6.45, 7) is 3.79. The molecule has 1 saturated heterocycles. The van der Waals surface area contributed by atoms with Crippen LogP contribution in [0.2, 0.25) is 0 Å². The molecule has 2 aromatic rings. The summed E-state index contributed by atoms with van der Waals surface area (Å²) in [5.74, 6) is 1.95. The number of aryl methyl sites for hydroxylation is 1. The minimum absolute atomic E-state index is 0.156. The zero-order valence-electron chi connectivity index (χ0n) is 15.1. The fourth-order valence-electron chi connectivity index (χ4n) is 2.90. The smallest absolute Gasteiger partial charge is 0.221 e. The van der Waals surface area contributed by atoms with E-state index >= 15 is 0 Å². The number of benzene rings is 1. The third kappa shape index (κ3) is 5.42. The molecule has 3 N–H and O–H groups in total. The Bertz CT molecular complexity index is 685. The highest BCUT2D eigenvalue weighted by molar-refractivity contribution is 5.29. The molecule has 8 nitrogen and oxygen atoms in total. The Balaban J connectivity index is 1.39. The summed E-state index contributed by atoms with van der Waals surface area (Å²) in [6.07, 6.45) is 1.96. The van der Waals surface area contributed by atoms with Gasteiger partial charge in [-0.05, 0) is 24.1 Å². The number of ether oxygens (including phenoxy) is 2. The Hall–Kier alpha value is -2.16. The third-order valence-electron chi connectivity index (χ3n) is 4.19. The molecule has 26 heavy (non-hydrogen) atoms. The van der Waals surface area contributed by atoms with Crippen LogP contribution in [0.25, 0.3) is 0 Å². The average Bonchev–Trinajstić information content (AvgIpc) is 3.03. The van der Waals surface area contributed by atoms with Gasteiger partial charge in [0.25, 0.3) is 0 Å². The van der Waals surface area contributed by atoms with Crippen LogP contribution in [-0.2, 0) is 24.8 Å². The van der Waals surface area contributed by atoms with Crippen LogP contribution >= 0.6 is 0 Å². The van der Waals surface area contributed by atoms with E-state index in [0.717, 1.165) is 44.8 Å². The number of nitrogens with zero attached hydrogens (tertiary/aromatic N) is 3. The monoisotopic (exact) mass is 361 g/mol. The number of hydrogen-bond acceptors (Lipinski definition) is 7. The van der Waals surface area contributed by atoms with E-state index in [1.165, 1.54) is 5.56 Å². The van der Waals surface area contributed by atoms with E-state index in [2.05, 4.69) is 32.8 Å². The Kier molecular flexibility index (Phi) is 6.82. The van der Waals surface area contributed by atoms with Crippen LogP contribution in [-0.4, -0.2) is 58.8 Å². The van der Waals surface area contributed by atoms with Crippen molar-refractivity contribution in [2.45, 2.75) is 25.6 Å². The van der Waals surface area contributed by atoms with Crippen molar-refractivity contribution < 1.29 is 14.6 Å². The Morgan fingerprint density at radius 2 is 2.38 bits per heavy atom. The molecule has 0 aliphatic carbocycles. The standard InChI is InChI=1S/C18H27N5O3/c1-23-18(21-17(13-24)22-23)20-6-3-8-25-15-5-2-4-14(10-15)11-16-12-19-7-9-26-16/h2,4-5,10,16,19,24H,3,6-9,11-13H2,1H3,(H,20,21,22). The summed E-state index contributed by atoms with van der Waals surface area (Å²) in [5.41, 5.74) is 1.23. The van der Waals surface area contributed by atoms with Gasteiger partial charge < -0.3 is 25.2 Å². The van der Waals surface area contributed by atoms with E-state index in [-0.39, 0.29) is 12.7 Å². The number of nitrogens with one attached hydrogen (secondary N) is 2. The summed E-state index contributed by atoms with van der Waals surface area (Å²) in [6, 6.07) is 8.20.